The minimum Gasteiger partial charge on any atom is -0.467 e. The number of amides is 14. The van der Waals surface area contributed by atoms with Crippen LogP contribution >= 0.6 is 0 Å². The molecule has 20 heteroatoms. The monoisotopic (exact) mass is 685 g/mol. The first kappa shape index (κ1) is 42.7. The number of ether oxygens (including phenoxy) is 1. The Morgan fingerprint density at radius 3 is 1.73 bits per heavy atom. The van der Waals surface area contributed by atoms with Gasteiger partial charge in [-0.3, -0.25) is 34.7 Å². The molecule has 20 nitrogen and oxygen atoms in total. The van der Waals surface area contributed by atoms with Crippen molar-refractivity contribution >= 4 is 59.8 Å². The molecule has 0 aromatic heterocycles. The molecule has 0 aliphatic carbocycles. The fourth-order valence-corrected chi connectivity index (χ4v) is 4.13. The number of esters is 1. The van der Waals surface area contributed by atoms with Crippen LogP contribution in [0.25, 0.3) is 0 Å². The Hall–Kier alpha value is -5.30. The normalized spacial score (nSPS) is 12.8. The zero-order chi connectivity index (χ0) is 37.6. The second kappa shape index (κ2) is 19.4. The van der Waals surface area contributed by atoms with Crippen LogP contribution in [0.2, 0.25) is 0 Å². The van der Waals surface area contributed by atoms with E-state index >= 15 is 0 Å². The summed E-state index contributed by atoms with van der Waals surface area (Å²) in [6, 6.07) is -10.1. The average Bonchev–Trinajstić information content (AvgIpc) is 3.05. The summed E-state index contributed by atoms with van der Waals surface area (Å²) in [6.45, 7) is 6.24. The highest BCUT2D eigenvalue weighted by atomic mass is 16.5. The van der Waals surface area contributed by atoms with E-state index in [0.29, 0.717) is 27.5 Å². The molecule has 4 atom stereocenters. The SMILES string of the molecule is CCCC(=O)N(C)C(C(=O)OC)C(=O)N(C)[C@H](C(=O)NC(=O)N(C)C(=O)NC(=O)N[C@@H](C)C(=O)N(C)C(=O)N(C)C(=O)NC)C(C)CC. The number of carbonyl (C=O) groups excluding carboxylic acids is 10. The van der Waals surface area contributed by atoms with Gasteiger partial charge < -0.3 is 25.2 Å². The third-order valence-electron chi connectivity index (χ3n) is 7.32. The molecule has 0 aromatic rings. The zero-order valence-electron chi connectivity index (χ0n) is 29.2. The molecule has 48 heavy (non-hydrogen) atoms. The second-order valence-corrected chi connectivity index (χ2v) is 10.7. The van der Waals surface area contributed by atoms with Crippen molar-refractivity contribution in [1.82, 2.24) is 45.8 Å². The van der Waals surface area contributed by atoms with Gasteiger partial charge in [0.05, 0.1) is 7.11 Å². The Bertz CT molecular complexity index is 1280. The van der Waals surface area contributed by atoms with E-state index in [-0.39, 0.29) is 6.42 Å². The zero-order valence-corrected chi connectivity index (χ0v) is 29.2. The van der Waals surface area contributed by atoms with E-state index in [2.05, 4.69) is 10.6 Å². The smallest absolute Gasteiger partial charge is 0.338 e. The molecule has 270 valence electrons. The molecule has 0 aliphatic heterocycles. The molecule has 0 rings (SSSR count). The van der Waals surface area contributed by atoms with Gasteiger partial charge in [0.25, 0.3) is 17.7 Å². The summed E-state index contributed by atoms with van der Waals surface area (Å²) in [5, 5.41) is 8.09. The number of nitrogens with zero attached hydrogens (tertiary/aromatic N) is 5. The fraction of sp³-hybridized carbons (Fsp3) is 0.643. The molecule has 0 saturated heterocycles. The molecule has 0 radical (unpaired) electrons. The molecule has 0 aromatic carbocycles. The Balaban J connectivity index is 5.69. The summed E-state index contributed by atoms with van der Waals surface area (Å²) < 4.78 is 4.72. The first-order chi connectivity index (χ1) is 22.2. The number of carbonyl (C=O) groups is 10. The van der Waals surface area contributed by atoms with Crippen molar-refractivity contribution in [3.8, 4) is 0 Å². The van der Waals surface area contributed by atoms with Crippen LogP contribution in [0.3, 0.4) is 0 Å². The van der Waals surface area contributed by atoms with Crippen LogP contribution in [0.4, 0.5) is 24.0 Å². The van der Waals surface area contributed by atoms with Crippen LogP contribution in [-0.4, -0.2) is 152 Å². The maximum absolute atomic E-state index is 13.5. The number of hydrogen-bond donors (Lipinski definition) is 4. The van der Waals surface area contributed by atoms with Gasteiger partial charge in [-0.25, -0.2) is 38.6 Å². The van der Waals surface area contributed by atoms with E-state index < -0.39 is 83.8 Å². The van der Waals surface area contributed by atoms with Gasteiger partial charge >= 0.3 is 36.1 Å². The average molecular weight is 686 g/mol. The van der Waals surface area contributed by atoms with E-state index in [1.165, 1.54) is 28.1 Å². The van der Waals surface area contributed by atoms with E-state index in [4.69, 9.17) is 4.74 Å². The van der Waals surface area contributed by atoms with Gasteiger partial charge in [-0.05, 0) is 19.3 Å². The molecule has 0 spiro atoms. The molecule has 0 aliphatic rings. The summed E-state index contributed by atoms with van der Waals surface area (Å²) in [5.41, 5.74) is 0. The second-order valence-electron chi connectivity index (χ2n) is 10.7. The topological polar surface area (TPSA) is 244 Å². The van der Waals surface area contributed by atoms with E-state index in [1.807, 2.05) is 5.32 Å². The maximum atomic E-state index is 13.5. The van der Waals surface area contributed by atoms with Crippen LogP contribution in [0, 0.1) is 5.92 Å². The maximum Gasteiger partial charge on any atom is 0.338 e. The van der Waals surface area contributed by atoms with Crippen molar-refractivity contribution in [3.05, 3.63) is 0 Å². The first-order valence-electron chi connectivity index (χ1n) is 14.8. The van der Waals surface area contributed by atoms with Gasteiger partial charge in [-0.1, -0.05) is 27.2 Å². The van der Waals surface area contributed by atoms with Crippen molar-refractivity contribution in [3.63, 3.8) is 0 Å². The lowest BCUT2D eigenvalue weighted by atomic mass is 9.96. The van der Waals surface area contributed by atoms with Crippen molar-refractivity contribution in [1.29, 1.82) is 0 Å². The lowest BCUT2D eigenvalue weighted by Gasteiger charge is -2.35. The summed E-state index contributed by atoms with van der Waals surface area (Å²) >= 11 is 0. The quantitative estimate of drug-likeness (QED) is 0.159. The summed E-state index contributed by atoms with van der Waals surface area (Å²) in [7, 11) is 7.88. The van der Waals surface area contributed by atoms with E-state index in [9.17, 15) is 47.9 Å². The molecule has 14 amide bonds. The van der Waals surface area contributed by atoms with Crippen LogP contribution < -0.4 is 21.3 Å². The number of rotatable bonds is 11. The number of hydrogen-bond acceptors (Lipinski definition) is 11. The first-order valence-corrected chi connectivity index (χ1v) is 14.8. The highest BCUT2D eigenvalue weighted by molar-refractivity contribution is 6.09. The van der Waals surface area contributed by atoms with Crippen LogP contribution in [0.5, 0.6) is 0 Å². The van der Waals surface area contributed by atoms with Gasteiger partial charge in [0, 0.05) is 48.7 Å². The van der Waals surface area contributed by atoms with Crippen molar-refractivity contribution < 1.29 is 52.7 Å². The van der Waals surface area contributed by atoms with Gasteiger partial charge in [0.2, 0.25) is 11.9 Å². The van der Waals surface area contributed by atoms with Crippen molar-refractivity contribution in [2.24, 2.45) is 5.92 Å². The predicted octanol–water partition coefficient (Wildman–Crippen LogP) is -0.515. The Morgan fingerprint density at radius 2 is 1.25 bits per heavy atom. The molecule has 4 N–H and O–H groups in total. The van der Waals surface area contributed by atoms with Crippen molar-refractivity contribution in [2.75, 3.05) is 49.4 Å². The molecule has 2 unspecified atom stereocenters. The van der Waals surface area contributed by atoms with Gasteiger partial charge in [-0.2, -0.15) is 0 Å². The van der Waals surface area contributed by atoms with Crippen LogP contribution in [0.1, 0.15) is 47.0 Å². The van der Waals surface area contributed by atoms with E-state index in [1.54, 1.807) is 26.1 Å². The summed E-state index contributed by atoms with van der Waals surface area (Å²) in [5.74, 6) is -5.08. The lowest BCUT2D eigenvalue weighted by Crippen LogP contribution is -2.60. The fourth-order valence-electron chi connectivity index (χ4n) is 4.13. The minimum atomic E-state index is -1.72. The number of urea groups is 5. The molecular weight excluding hydrogens is 638 g/mol. The highest BCUT2D eigenvalue weighted by Crippen LogP contribution is 2.17. The van der Waals surface area contributed by atoms with Gasteiger partial charge in [0.1, 0.15) is 12.1 Å². The largest absolute Gasteiger partial charge is 0.467 e. The third kappa shape index (κ3) is 11.2. The number of methoxy groups -OCH3 is 1. The Kier molecular flexibility index (Phi) is 17.2. The minimum absolute atomic E-state index is 0.0415. The van der Waals surface area contributed by atoms with Crippen LogP contribution in [-0.2, 0) is 28.7 Å². The molecule has 0 saturated carbocycles. The summed E-state index contributed by atoms with van der Waals surface area (Å²) in [6.07, 6.45) is 0.811. The molecular formula is C28H47N9O11. The highest BCUT2D eigenvalue weighted by Gasteiger charge is 2.42. The third-order valence-corrected chi connectivity index (χ3v) is 7.32. The van der Waals surface area contributed by atoms with E-state index in [0.717, 1.165) is 38.1 Å². The standard InChI is InChI=1S/C28H47N9O11/c1-12-14-17(38)33(6)19(23(42)48-11)22(41)34(7)18(15(3)13-2)20(39)31-26(45)36(9)27(46)32-24(43)30-16(4)21(40)35(8)28(47)37(10)25(44)29-5/h15-16,18-19H,12-14H2,1-11H3,(H,29,44)(H,31,39,45)(H2,30,32,43,46)/t15?,16-,18-,19?/m0/s1. The predicted molar refractivity (Wildman–Crippen MR) is 168 cm³/mol. The Morgan fingerprint density at radius 1 is 0.708 bits per heavy atom. The number of likely N-dealkylation sites (N-methyl/N-ethyl adjacent to an activating group) is 3. The summed E-state index contributed by atoms with van der Waals surface area (Å²) in [4.78, 5) is 129. The Labute approximate surface area is 278 Å². The van der Waals surface area contributed by atoms with Crippen LogP contribution in [0.15, 0.2) is 0 Å². The molecule has 0 heterocycles. The molecule has 0 fully saturated rings. The van der Waals surface area contributed by atoms with Gasteiger partial charge in [-0.15, -0.1) is 0 Å². The number of imide groups is 5. The van der Waals surface area contributed by atoms with Gasteiger partial charge in [0.15, 0.2) is 0 Å². The lowest BCUT2D eigenvalue weighted by molar-refractivity contribution is -0.161. The molecule has 0 bridgehead atoms. The number of nitrogens with one attached hydrogen (secondary N) is 4. The van der Waals surface area contributed by atoms with Crippen molar-refractivity contribution in [2.45, 2.75) is 65.1 Å².